The summed E-state index contributed by atoms with van der Waals surface area (Å²) in [6.07, 6.45) is 3.42. The van der Waals surface area contributed by atoms with Crippen molar-refractivity contribution in [2.45, 2.75) is 45.1 Å². The summed E-state index contributed by atoms with van der Waals surface area (Å²) in [5, 5.41) is 0. The third-order valence-corrected chi connectivity index (χ3v) is 5.12. The molecule has 27 heavy (non-hydrogen) atoms. The standard InChI is InChI=1S/C20H24N2O5/c1-14-7-4-5-11-21(14)17(23)13-27-18(24)10-6-12-22-19(25)15-8-2-3-9-16(15)20(22)26/h2-3,8-9,14H,4-7,10-13H2,1H3. The van der Waals surface area contributed by atoms with E-state index < -0.39 is 5.97 Å². The van der Waals surface area contributed by atoms with Gasteiger partial charge in [-0.05, 0) is 44.7 Å². The lowest BCUT2D eigenvalue weighted by atomic mass is 10.0. The first-order chi connectivity index (χ1) is 13.0. The summed E-state index contributed by atoms with van der Waals surface area (Å²) >= 11 is 0. The number of hydrogen-bond acceptors (Lipinski definition) is 5. The fourth-order valence-corrected chi connectivity index (χ4v) is 3.59. The molecule has 0 saturated carbocycles. The molecule has 0 aromatic heterocycles. The first-order valence-corrected chi connectivity index (χ1v) is 9.39. The van der Waals surface area contributed by atoms with Crippen molar-refractivity contribution in [1.29, 1.82) is 0 Å². The molecule has 1 aromatic carbocycles. The molecule has 0 radical (unpaired) electrons. The lowest BCUT2D eigenvalue weighted by Crippen LogP contribution is -2.44. The second-order valence-corrected chi connectivity index (χ2v) is 7.00. The normalized spacial score (nSPS) is 19.2. The van der Waals surface area contributed by atoms with E-state index in [2.05, 4.69) is 0 Å². The average Bonchev–Trinajstić information content (AvgIpc) is 2.91. The first-order valence-electron chi connectivity index (χ1n) is 9.39. The minimum absolute atomic E-state index is 0.0518. The van der Waals surface area contributed by atoms with Gasteiger partial charge in [0.05, 0.1) is 11.1 Å². The monoisotopic (exact) mass is 372 g/mol. The molecule has 1 atom stereocenters. The number of amides is 3. The van der Waals surface area contributed by atoms with Gasteiger partial charge in [-0.25, -0.2) is 0 Å². The maximum atomic E-state index is 12.2. The zero-order valence-corrected chi connectivity index (χ0v) is 15.5. The van der Waals surface area contributed by atoms with Crippen molar-refractivity contribution < 1.29 is 23.9 Å². The number of rotatable bonds is 6. The van der Waals surface area contributed by atoms with E-state index in [1.165, 1.54) is 0 Å². The maximum Gasteiger partial charge on any atom is 0.306 e. The molecule has 1 saturated heterocycles. The zero-order chi connectivity index (χ0) is 19.4. The van der Waals surface area contributed by atoms with Crippen LogP contribution in [0.1, 0.15) is 59.7 Å². The highest BCUT2D eigenvalue weighted by Crippen LogP contribution is 2.22. The number of esters is 1. The van der Waals surface area contributed by atoms with Crippen LogP contribution in [0.25, 0.3) is 0 Å². The van der Waals surface area contributed by atoms with E-state index in [-0.39, 0.29) is 43.3 Å². The van der Waals surface area contributed by atoms with Crippen molar-refractivity contribution in [3.63, 3.8) is 0 Å². The number of carbonyl (C=O) groups is 4. The Balaban J connectivity index is 1.41. The lowest BCUT2D eigenvalue weighted by Gasteiger charge is -2.33. The van der Waals surface area contributed by atoms with E-state index >= 15 is 0 Å². The van der Waals surface area contributed by atoms with Gasteiger partial charge in [0.25, 0.3) is 17.7 Å². The number of likely N-dealkylation sites (tertiary alicyclic amines) is 1. The van der Waals surface area contributed by atoms with Crippen LogP contribution in [0.2, 0.25) is 0 Å². The minimum atomic E-state index is -0.496. The van der Waals surface area contributed by atoms with Gasteiger partial charge in [-0.1, -0.05) is 12.1 Å². The molecule has 2 aliphatic heterocycles. The van der Waals surface area contributed by atoms with Crippen molar-refractivity contribution in [1.82, 2.24) is 9.80 Å². The number of imide groups is 1. The molecule has 1 aromatic rings. The summed E-state index contributed by atoms with van der Waals surface area (Å²) in [5.74, 6) is -1.34. The lowest BCUT2D eigenvalue weighted by molar-refractivity contribution is -0.153. The number of piperidine rings is 1. The number of fused-ring (bicyclic) bond motifs is 1. The average molecular weight is 372 g/mol. The Labute approximate surface area is 158 Å². The van der Waals surface area contributed by atoms with Crippen molar-refractivity contribution in [2.24, 2.45) is 0 Å². The molecular formula is C20H24N2O5. The Bertz CT molecular complexity index is 725. The Morgan fingerprint density at radius 3 is 2.41 bits per heavy atom. The van der Waals surface area contributed by atoms with Crippen molar-refractivity contribution in [3.05, 3.63) is 35.4 Å². The second kappa shape index (κ2) is 8.33. The summed E-state index contributed by atoms with van der Waals surface area (Å²) in [4.78, 5) is 51.4. The number of benzene rings is 1. The van der Waals surface area contributed by atoms with Crippen LogP contribution in [-0.2, 0) is 14.3 Å². The van der Waals surface area contributed by atoms with Crippen molar-refractivity contribution >= 4 is 23.7 Å². The molecule has 7 nitrogen and oxygen atoms in total. The summed E-state index contributed by atoms with van der Waals surface area (Å²) in [5.41, 5.74) is 0.789. The molecule has 0 bridgehead atoms. The van der Waals surface area contributed by atoms with Gasteiger partial charge in [0.15, 0.2) is 6.61 Å². The summed E-state index contributed by atoms with van der Waals surface area (Å²) in [6, 6.07) is 6.85. The van der Waals surface area contributed by atoms with Crippen LogP contribution in [0.15, 0.2) is 24.3 Å². The van der Waals surface area contributed by atoms with Crippen LogP contribution < -0.4 is 0 Å². The molecule has 0 spiro atoms. The first kappa shape index (κ1) is 19.1. The molecule has 3 amide bonds. The van der Waals surface area contributed by atoms with E-state index in [0.29, 0.717) is 24.1 Å². The molecule has 2 aliphatic rings. The summed E-state index contributed by atoms with van der Waals surface area (Å²) in [6.45, 7) is 2.60. The van der Waals surface area contributed by atoms with E-state index in [1.54, 1.807) is 29.2 Å². The maximum absolute atomic E-state index is 12.2. The predicted molar refractivity (Wildman–Crippen MR) is 97.0 cm³/mol. The molecule has 0 N–H and O–H groups in total. The molecule has 0 aliphatic carbocycles. The molecular weight excluding hydrogens is 348 g/mol. The number of carbonyl (C=O) groups excluding carboxylic acids is 4. The van der Waals surface area contributed by atoms with Gasteiger partial charge < -0.3 is 9.64 Å². The highest BCUT2D eigenvalue weighted by atomic mass is 16.5. The van der Waals surface area contributed by atoms with Crippen LogP contribution in [0.4, 0.5) is 0 Å². The second-order valence-electron chi connectivity index (χ2n) is 7.00. The van der Waals surface area contributed by atoms with Crippen LogP contribution in [0.5, 0.6) is 0 Å². The largest absolute Gasteiger partial charge is 0.456 e. The molecule has 1 fully saturated rings. The van der Waals surface area contributed by atoms with E-state index in [1.807, 2.05) is 6.92 Å². The van der Waals surface area contributed by atoms with Gasteiger partial charge in [-0.3, -0.25) is 24.1 Å². The van der Waals surface area contributed by atoms with Gasteiger partial charge in [-0.2, -0.15) is 0 Å². The molecule has 2 heterocycles. The number of ether oxygens (including phenoxy) is 1. The fourth-order valence-electron chi connectivity index (χ4n) is 3.59. The van der Waals surface area contributed by atoms with Gasteiger partial charge in [0, 0.05) is 25.6 Å². The van der Waals surface area contributed by atoms with E-state index in [4.69, 9.17) is 4.74 Å². The molecule has 144 valence electrons. The summed E-state index contributed by atoms with van der Waals surface area (Å²) in [7, 11) is 0. The third kappa shape index (κ3) is 4.18. The Kier molecular flexibility index (Phi) is 5.88. The third-order valence-electron chi connectivity index (χ3n) is 5.12. The summed E-state index contributed by atoms with van der Waals surface area (Å²) < 4.78 is 5.07. The highest BCUT2D eigenvalue weighted by Gasteiger charge is 2.34. The topological polar surface area (TPSA) is 84.0 Å². The van der Waals surface area contributed by atoms with Gasteiger partial charge >= 0.3 is 5.97 Å². The number of hydrogen-bond donors (Lipinski definition) is 0. The molecule has 3 rings (SSSR count). The van der Waals surface area contributed by atoms with Gasteiger partial charge in [0.2, 0.25) is 0 Å². The van der Waals surface area contributed by atoms with Crippen LogP contribution in [0.3, 0.4) is 0 Å². The fraction of sp³-hybridized carbons (Fsp3) is 0.500. The van der Waals surface area contributed by atoms with Crippen molar-refractivity contribution in [2.75, 3.05) is 19.7 Å². The van der Waals surface area contributed by atoms with Crippen molar-refractivity contribution in [3.8, 4) is 0 Å². The Morgan fingerprint density at radius 1 is 1.11 bits per heavy atom. The molecule has 7 heteroatoms. The molecule has 1 unspecified atom stereocenters. The van der Waals surface area contributed by atoms with Crippen LogP contribution in [0, 0.1) is 0 Å². The van der Waals surface area contributed by atoms with Crippen LogP contribution in [-0.4, -0.2) is 59.2 Å². The van der Waals surface area contributed by atoms with Gasteiger partial charge in [-0.15, -0.1) is 0 Å². The van der Waals surface area contributed by atoms with E-state index in [9.17, 15) is 19.2 Å². The van der Waals surface area contributed by atoms with Gasteiger partial charge in [0.1, 0.15) is 0 Å². The predicted octanol–water partition coefficient (Wildman–Crippen LogP) is 2.01. The highest BCUT2D eigenvalue weighted by molar-refractivity contribution is 6.21. The quantitative estimate of drug-likeness (QED) is 0.563. The Morgan fingerprint density at radius 2 is 1.78 bits per heavy atom. The van der Waals surface area contributed by atoms with Crippen LogP contribution >= 0.6 is 0 Å². The van der Waals surface area contributed by atoms with E-state index in [0.717, 1.165) is 24.2 Å². The zero-order valence-electron chi connectivity index (χ0n) is 15.5. The SMILES string of the molecule is CC1CCCCN1C(=O)COC(=O)CCCN1C(=O)c2ccccc2C1=O. The number of nitrogens with zero attached hydrogens (tertiary/aromatic N) is 2. The Hall–Kier alpha value is -2.70. The smallest absolute Gasteiger partial charge is 0.306 e. The minimum Gasteiger partial charge on any atom is -0.456 e.